The fourth-order valence-electron chi connectivity index (χ4n) is 4.12. The number of rotatable bonds is 10. The summed E-state index contributed by atoms with van der Waals surface area (Å²) in [5.74, 6) is -0.803. The molecule has 0 bridgehead atoms. The van der Waals surface area contributed by atoms with Crippen LogP contribution in [0.4, 0.5) is 5.69 Å². The van der Waals surface area contributed by atoms with Crippen molar-refractivity contribution in [2.75, 3.05) is 17.9 Å². The Balaban J connectivity index is 2.08. The first-order valence-corrected chi connectivity index (χ1v) is 14.2. The van der Waals surface area contributed by atoms with Gasteiger partial charge in [-0.15, -0.1) is 0 Å². The Labute approximate surface area is 230 Å². The lowest BCUT2D eigenvalue weighted by Crippen LogP contribution is -2.51. The molecule has 0 fully saturated rings. The normalized spacial score (nSPS) is 12.1. The Morgan fingerprint density at radius 1 is 0.921 bits per heavy atom. The quantitative estimate of drug-likeness (QED) is 0.381. The maximum absolute atomic E-state index is 13.9. The molecule has 3 aromatic rings. The van der Waals surface area contributed by atoms with Crippen LogP contribution in [0, 0.1) is 20.8 Å². The van der Waals surface area contributed by atoms with E-state index in [1.807, 2.05) is 58.0 Å². The van der Waals surface area contributed by atoms with Gasteiger partial charge in [-0.1, -0.05) is 54.4 Å². The topological polar surface area (TPSA) is 86.8 Å². The van der Waals surface area contributed by atoms with Crippen molar-refractivity contribution in [3.05, 3.63) is 94.0 Å². The zero-order chi connectivity index (χ0) is 28.0. The van der Waals surface area contributed by atoms with Crippen LogP contribution in [0.1, 0.15) is 35.6 Å². The van der Waals surface area contributed by atoms with Crippen molar-refractivity contribution in [2.24, 2.45) is 0 Å². The standard InChI is InChI=1S/C29H34ClN3O4S/c1-6-27(29(35)31-5)32(18-23-10-7-20(2)8-11-23)28(34)19-33(25-14-9-21(3)22(4)17-25)38(36,37)26-15-12-24(30)13-16-26/h7-17,27H,6,18-19H2,1-5H3,(H,31,35). The van der Waals surface area contributed by atoms with Gasteiger partial charge in [0.1, 0.15) is 12.6 Å². The lowest BCUT2D eigenvalue weighted by Gasteiger charge is -2.33. The lowest BCUT2D eigenvalue weighted by molar-refractivity contribution is -0.140. The highest BCUT2D eigenvalue weighted by atomic mass is 35.5. The summed E-state index contributed by atoms with van der Waals surface area (Å²) in [5, 5.41) is 3.03. The number of hydrogen-bond donors (Lipinski definition) is 1. The highest BCUT2D eigenvalue weighted by Crippen LogP contribution is 2.27. The minimum Gasteiger partial charge on any atom is -0.357 e. The minimum absolute atomic E-state index is 0.0105. The number of sulfonamides is 1. The first-order chi connectivity index (χ1) is 18.0. The van der Waals surface area contributed by atoms with E-state index < -0.39 is 28.5 Å². The number of aryl methyl sites for hydroxylation is 3. The van der Waals surface area contributed by atoms with Crippen LogP contribution in [0.2, 0.25) is 5.02 Å². The largest absolute Gasteiger partial charge is 0.357 e. The summed E-state index contributed by atoms with van der Waals surface area (Å²) in [6.07, 6.45) is 0.366. The molecule has 2 amide bonds. The van der Waals surface area contributed by atoms with Crippen molar-refractivity contribution < 1.29 is 18.0 Å². The molecule has 1 unspecified atom stereocenters. The van der Waals surface area contributed by atoms with Gasteiger partial charge in [-0.3, -0.25) is 13.9 Å². The number of nitrogens with zero attached hydrogens (tertiary/aromatic N) is 2. The maximum Gasteiger partial charge on any atom is 0.264 e. The summed E-state index contributed by atoms with van der Waals surface area (Å²) >= 11 is 6.00. The van der Waals surface area contributed by atoms with Gasteiger partial charge in [0.25, 0.3) is 10.0 Å². The van der Waals surface area contributed by atoms with E-state index in [4.69, 9.17) is 11.6 Å². The van der Waals surface area contributed by atoms with Gasteiger partial charge in [0.15, 0.2) is 0 Å². The fourth-order valence-corrected chi connectivity index (χ4v) is 5.65. The first-order valence-electron chi connectivity index (χ1n) is 12.4. The van der Waals surface area contributed by atoms with Crippen molar-refractivity contribution in [2.45, 2.75) is 51.6 Å². The van der Waals surface area contributed by atoms with Crippen LogP contribution in [-0.4, -0.2) is 44.8 Å². The van der Waals surface area contributed by atoms with Gasteiger partial charge in [-0.05, 0) is 80.3 Å². The predicted molar refractivity (Wildman–Crippen MR) is 152 cm³/mol. The highest BCUT2D eigenvalue weighted by molar-refractivity contribution is 7.92. The van der Waals surface area contributed by atoms with Crippen molar-refractivity contribution in [1.29, 1.82) is 0 Å². The number of likely N-dealkylation sites (N-methyl/N-ethyl adjacent to an activating group) is 1. The predicted octanol–water partition coefficient (Wildman–Crippen LogP) is 5.01. The summed E-state index contributed by atoms with van der Waals surface area (Å²) in [5.41, 5.74) is 4.15. The van der Waals surface area contributed by atoms with Gasteiger partial charge in [-0.25, -0.2) is 8.42 Å². The van der Waals surface area contributed by atoms with Crippen LogP contribution < -0.4 is 9.62 Å². The van der Waals surface area contributed by atoms with E-state index in [0.717, 1.165) is 26.6 Å². The summed E-state index contributed by atoms with van der Waals surface area (Å²) in [6.45, 7) is 7.28. The van der Waals surface area contributed by atoms with Crippen LogP contribution in [0.25, 0.3) is 0 Å². The second kappa shape index (κ2) is 12.5. The second-order valence-corrected chi connectivity index (χ2v) is 11.6. The van der Waals surface area contributed by atoms with Crippen LogP contribution in [0.5, 0.6) is 0 Å². The Morgan fingerprint density at radius 3 is 2.11 bits per heavy atom. The molecule has 202 valence electrons. The summed E-state index contributed by atoms with van der Waals surface area (Å²) in [4.78, 5) is 28.2. The molecule has 0 aliphatic heterocycles. The number of nitrogens with one attached hydrogen (secondary N) is 1. The molecular weight excluding hydrogens is 522 g/mol. The average Bonchev–Trinajstić information content (AvgIpc) is 2.89. The molecule has 3 rings (SSSR count). The van der Waals surface area contributed by atoms with E-state index in [1.54, 1.807) is 12.1 Å². The molecule has 0 saturated carbocycles. The van der Waals surface area contributed by atoms with Gasteiger partial charge in [0.05, 0.1) is 10.6 Å². The molecule has 1 N–H and O–H groups in total. The third-order valence-electron chi connectivity index (χ3n) is 6.56. The fraction of sp³-hybridized carbons (Fsp3) is 0.310. The van der Waals surface area contributed by atoms with E-state index >= 15 is 0 Å². The van der Waals surface area contributed by atoms with Gasteiger partial charge in [-0.2, -0.15) is 0 Å². The van der Waals surface area contributed by atoms with Crippen molar-refractivity contribution in [1.82, 2.24) is 10.2 Å². The van der Waals surface area contributed by atoms with E-state index in [1.165, 1.54) is 36.2 Å². The Hall–Kier alpha value is -3.36. The van der Waals surface area contributed by atoms with E-state index in [0.29, 0.717) is 17.1 Å². The molecule has 3 aromatic carbocycles. The highest BCUT2D eigenvalue weighted by Gasteiger charge is 2.33. The second-order valence-electron chi connectivity index (χ2n) is 9.28. The molecule has 38 heavy (non-hydrogen) atoms. The third kappa shape index (κ3) is 6.74. The SMILES string of the molecule is CCC(C(=O)NC)N(Cc1ccc(C)cc1)C(=O)CN(c1ccc(C)c(C)c1)S(=O)(=O)c1ccc(Cl)cc1. The molecule has 0 aliphatic carbocycles. The number of anilines is 1. The third-order valence-corrected chi connectivity index (χ3v) is 8.60. The Kier molecular flexibility index (Phi) is 9.57. The van der Waals surface area contributed by atoms with Crippen molar-refractivity contribution in [3.8, 4) is 0 Å². The van der Waals surface area contributed by atoms with Crippen LogP contribution >= 0.6 is 11.6 Å². The minimum atomic E-state index is -4.14. The molecule has 0 heterocycles. The van der Waals surface area contributed by atoms with Gasteiger partial charge in [0, 0.05) is 18.6 Å². The molecule has 7 nitrogen and oxygen atoms in total. The molecule has 0 aliphatic rings. The Morgan fingerprint density at radius 2 is 1.55 bits per heavy atom. The van der Waals surface area contributed by atoms with Crippen molar-refractivity contribution >= 4 is 39.1 Å². The first kappa shape index (κ1) is 29.2. The number of halogens is 1. The number of hydrogen-bond acceptors (Lipinski definition) is 4. The zero-order valence-corrected chi connectivity index (χ0v) is 23.9. The van der Waals surface area contributed by atoms with Gasteiger partial charge < -0.3 is 10.2 Å². The molecular formula is C29H34ClN3O4S. The summed E-state index contributed by atoms with van der Waals surface area (Å²) < 4.78 is 28.8. The number of amides is 2. The van der Waals surface area contributed by atoms with Gasteiger partial charge >= 0.3 is 0 Å². The lowest BCUT2D eigenvalue weighted by atomic mass is 10.1. The molecule has 0 radical (unpaired) electrons. The monoisotopic (exact) mass is 555 g/mol. The van der Waals surface area contributed by atoms with Crippen LogP contribution in [-0.2, 0) is 26.2 Å². The number of benzene rings is 3. The van der Waals surface area contributed by atoms with E-state index in [2.05, 4.69) is 5.32 Å². The van der Waals surface area contributed by atoms with Crippen LogP contribution in [0.15, 0.2) is 71.6 Å². The number of carbonyl (C=O) groups is 2. The number of carbonyl (C=O) groups excluding carboxylic acids is 2. The maximum atomic E-state index is 13.9. The van der Waals surface area contributed by atoms with Crippen LogP contribution in [0.3, 0.4) is 0 Å². The molecule has 0 spiro atoms. The van der Waals surface area contributed by atoms with Gasteiger partial charge in [0.2, 0.25) is 11.8 Å². The van der Waals surface area contributed by atoms with E-state index in [9.17, 15) is 18.0 Å². The molecule has 1 atom stereocenters. The molecule has 0 aromatic heterocycles. The van der Waals surface area contributed by atoms with E-state index in [-0.39, 0.29) is 17.3 Å². The Bertz CT molecular complexity index is 1390. The molecule has 9 heteroatoms. The summed E-state index contributed by atoms with van der Waals surface area (Å²) in [7, 11) is -2.62. The average molecular weight is 556 g/mol. The summed E-state index contributed by atoms with van der Waals surface area (Å²) in [6, 6.07) is 18.0. The van der Waals surface area contributed by atoms with Crippen molar-refractivity contribution in [3.63, 3.8) is 0 Å². The molecule has 0 saturated heterocycles. The zero-order valence-electron chi connectivity index (χ0n) is 22.4. The smallest absolute Gasteiger partial charge is 0.264 e.